The van der Waals surface area contributed by atoms with Crippen LogP contribution in [0.3, 0.4) is 0 Å². The Hall–Kier alpha value is -3.47. The van der Waals surface area contributed by atoms with Crippen molar-refractivity contribution in [2.75, 3.05) is 0 Å². The van der Waals surface area contributed by atoms with Crippen LogP contribution in [0.1, 0.15) is 31.7 Å². The first-order valence-corrected chi connectivity index (χ1v) is 11.2. The molecule has 0 nitrogen and oxygen atoms in total. The fourth-order valence-electron chi connectivity index (χ4n) is 4.03. The molecule has 0 unspecified atom stereocenters. The predicted octanol–water partition coefficient (Wildman–Crippen LogP) is 9.12. The van der Waals surface area contributed by atoms with Gasteiger partial charge in [-0.15, -0.1) is 0 Å². The fourth-order valence-corrected chi connectivity index (χ4v) is 4.03. The molecule has 5 heteroatoms. The minimum absolute atomic E-state index is 0.0108. The van der Waals surface area contributed by atoms with E-state index in [1.165, 1.54) is 24.1 Å². The molecular formula is C29H23F5. The van der Waals surface area contributed by atoms with Crippen LogP contribution in [0, 0.1) is 29.1 Å². The molecule has 0 saturated carbocycles. The van der Waals surface area contributed by atoms with Crippen molar-refractivity contribution in [2.24, 2.45) is 0 Å². The molecule has 0 amide bonds. The third-order valence-corrected chi connectivity index (χ3v) is 5.89. The topological polar surface area (TPSA) is 0 Å². The van der Waals surface area contributed by atoms with Crippen molar-refractivity contribution in [3.8, 4) is 33.4 Å². The standard InChI is InChI=1S/C29H23F5/c1-2-3-4-5-18-6-8-19(9-7-18)20-10-12-23(25(31)14-20)22-16-27(33)29(28(34)17-22)21-11-13-24(30)26(32)15-21/h6-17H,2-5H2,1H3. The lowest BCUT2D eigenvalue weighted by atomic mass is 9.96. The average molecular weight is 466 g/mol. The Morgan fingerprint density at radius 1 is 0.500 bits per heavy atom. The highest BCUT2D eigenvalue weighted by atomic mass is 19.2. The monoisotopic (exact) mass is 466 g/mol. The van der Waals surface area contributed by atoms with Gasteiger partial charge in [-0.3, -0.25) is 0 Å². The van der Waals surface area contributed by atoms with Crippen molar-refractivity contribution >= 4 is 0 Å². The molecule has 0 radical (unpaired) electrons. The number of rotatable bonds is 7. The Labute approximate surface area is 195 Å². The zero-order valence-electron chi connectivity index (χ0n) is 18.6. The molecule has 174 valence electrons. The summed E-state index contributed by atoms with van der Waals surface area (Å²) in [5.41, 5.74) is 2.12. The number of aryl methyl sites for hydroxylation is 1. The molecule has 0 fully saturated rings. The lowest BCUT2D eigenvalue weighted by molar-refractivity contribution is 0.508. The third-order valence-electron chi connectivity index (χ3n) is 5.89. The molecule has 4 rings (SSSR count). The second-order valence-electron chi connectivity index (χ2n) is 8.29. The van der Waals surface area contributed by atoms with Crippen molar-refractivity contribution in [1.29, 1.82) is 0 Å². The van der Waals surface area contributed by atoms with E-state index in [2.05, 4.69) is 6.92 Å². The summed E-state index contributed by atoms with van der Waals surface area (Å²) < 4.78 is 71.2. The highest BCUT2D eigenvalue weighted by Crippen LogP contribution is 2.34. The summed E-state index contributed by atoms with van der Waals surface area (Å²) in [7, 11) is 0. The van der Waals surface area contributed by atoms with E-state index in [1.807, 2.05) is 24.3 Å². The number of hydrogen-bond acceptors (Lipinski definition) is 0. The normalized spacial score (nSPS) is 11.1. The molecule has 0 aliphatic carbocycles. The summed E-state index contributed by atoms with van der Waals surface area (Å²) in [6.45, 7) is 2.16. The quantitative estimate of drug-likeness (QED) is 0.188. The van der Waals surface area contributed by atoms with E-state index in [0.29, 0.717) is 5.56 Å². The van der Waals surface area contributed by atoms with Crippen LogP contribution in [0.2, 0.25) is 0 Å². The van der Waals surface area contributed by atoms with Gasteiger partial charge in [-0.2, -0.15) is 0 Å². The second-order valence-corrected chi connectivity index (χ2v) is 8.29. The van der Waals surface area contributed by atoms with Crippen LogP contribution < -0.4 is 0 Å². The van der Waals surface area contributed by atoms with Gasteiger partial charge in [0.25, 0.3) is 0 Å². The van der Waals surface area contributed by atoms with Crippen molar-refractivity contribution in [1.82, 2.24) is 0 Å². The maximum absolute atomic E-state index is 15.0. The number of halogens is 5. The summed E-state index contributed by atoms with van der Waals surface area (Å²) in [6, 6.07) is 17.0. The lowest BCUT2D eigenvalue weighted by Gasteiger charge is -2.11. The van der Waals surface area contributed by atoms with Crippen molar-refractivity contribution < 1.29 is 22.0 Å². The Balaban J connectivity index is 1.61. The highest BCUT2D eigenvalue weighted by molar-refractivity contribution is 5.74. The molecule has 34 heavy (non-hydrogen) atoms. The Bertz CT molecular complexity index is 1290. The molecule has 0 aliphatic heterocycles. The molecule has 0 saturated heterocycles. The zero-order valence-corrected chi connectivity index (χ0v) is 18.6. The molecule has 0 aromatic heterocycles. The van der Waals surface area contributed by atoms with Gasteiger partial charge in [0.1, 0.15) is 17.5 Å². The molecule has 4 aromatic rings. The van der Waals surface area contributed by atoms with E-state index >= 15 is 0 Å². The maximum Gasteiger partial charge on any atom is 0.159 e. The van der Waals surface area contributed by atoms with Crippen LogP contribution in [0.5, 0.6) is 0 Å². The molecule has 4 aromatic carbocycles. The van der Waals surface area contributed by atoms with Crippen LogP contribution in [-0.4, -0.2) is 0 Å². The summed E-state index contributed by atoms with van der Waals surface area (Å²) in [4.78, 5) is 0. The summed E-state index contributed by atoms with van der Waals surface area (Å²) in [5, 5.41) is 0. The van der Waals surface area contributed by atoms with E-state index in [0.717, 1.165) is 55.2 Å². The third kappa shape index (κ3) is 5.04. The fraction of sp³-hybridized carbons (Fsp3) is 0.172. The van der Waals surface area contributed by atoms with Crippen LogP contribution in [0.15, 0.2) is 72.8 Å². The van der Waals surface area contributed by atoms with Gasteiger partial charge in [0.2, 0.25) is 0 Å². The van der Waals surface area contributed by atoms with Crippen LogP contribution in [0.4, 0.5) is 22.0 Å². The Kier molecular flexibility index (Phi) is 7.11. The molecule has 0 heterocycles. The Morgan fingerprint density at radius 3 is 1.71 bits per heavy atom. The van der Waals surface area contributed by atoms with Gasteiger partial charge in [0.15, 0.2) is 11.6 Å². The Morgan fingerprint density at radius 2 is 1.09 bits per heavy atom. The van der Waals surface area contributed by atoms with Gasteiger partial charge in [-0.05, 0) is 71.0 Å². The SMILES string of the molecule is CCCCCc1ccc(-c2ccc(-c3cc(F)c(-c4ccc(F)c(F)c4)c(F)c3)c(F)c2)cc1. The smallest absolute Gasteiger partial charge is 0.159 e. The number of unbranched alkanes of at least 4 members (excludes halogenated alkanes) is 2. The molecular weight excluding hydrogens is 443 g/mol. The van der Waals surface area contributed by atoms with Gasteiger partial charge in [-0.25, -0.2) is 22.0 Å². The van der Waals surface area contributed by atoms with Crippen molar-refractivity contribution in [2.45, 2.75) is 32.6 Å². The van der Waals surface area contributed by atoms with Crippen LogP contribution in [0.25, 0.3) is 33.4 Å². The van der Waals surface area contributed by atoms with Gasteiger partial charge in [-0.1, -0.05) is 62.2 Å². The molecule has 0 aliphatic rings. The van der Waals surface area contributed by atoms with Crippen LogP contribution in [-0.2, 0) is 6.42 Å². The van der Waals surface area contributed by atoms with E-state index in [1.54, 1.807) is 6.07 Å². The molecule has 0 bridgehead atoms. The zero-order chi connectivity index (χ0) is 24.2. The van der Waals surface area contributed by atoms with E-state index in [9.17, 15) is 22.0 Å². The average Bonchev–Trinajstić information content (AvgIpc) is 2.81. The largest absolute Gasteiger partial charge is 0.206 e. The molecule has 0 N–H and O–H groups in total. The van der Waals surface area contributed by atoms with Gasteiger partial charge >= 0.3 is 0 Å². The minimum atomic E-state index is -1.21. The predicted molar refractivity (Wildman–Crippen MR) is 126 cm³/mol. The number of benzene rings is 4. The molecule has 0 atom stereocenters. The minimum Gasteiger partial charge on any atom is -0.206 e. The van der Waals surface area contributed by atoms with Gasteiger partial charge in [0, 0.05) is 5.56 Å². The van der Waals surface area contributed by atoms with Crippen molar-refractivity contribution in [3.63, 3.8) is 0 Å². The molecule has 0 spiro atoms. The number of hydrogen-bond donors (Lipinski definition) is 0. The first-order chi connectivity index (χ1) is 16.4. The maximum atomic E-state index is 15.0. The van der Waals surface area contributed by atoms with E-state index in [4.69, 9.17) is 0 Å². The highest BCUT2D eigenvalue weighted by Gasteiger charge is 2.17. The first kappa shape index (κ1) is 23.7. The van der Waals surface area contributed by atoms with Crippen molar-refractivity contribution in [3.05, 3.63) is 107 Å². The van der Waals surface area contributed by atoms with Crippen LogP contribution >= 0.6 is 0 Å². The lowest BCUT2D eigenvalue weighted by Crippen LogP contribution is -1.95. The summed E-state index contributed by atoms with van der Waals surface area (Å²) >= 11 is 0. The second kappa shape index (κ2) is 10.2. The summed E-state index contributed by atoms with van der Waals surface area (Å²) in [5.74, 6) is -4.94. The summed E-state index contributed by atoms with van der Waals surface area (Å²) in [6.07, 6.45) is 4.46. The van der Waals surface area contributed by atoms with E-state index < -0.39 is 34.6 Å². The van der Waals surface area contributed by atoms with Gasteiger partial charge in [0.05, 0.1) is 5.56 Å². The van der Waals surface area contributed by atoms with Gasteiger partial charge < -0.3 is 0 Å². The first-order valence-electron chi connectivity index (χ1n) is 11.2. The van der Waals surface area contributed by atoms with E-state index in [-0.39, 0.29) is 16.7 Å².